The van der Waals surface area contributed by atoms with Gasteiger partial charge in [0.05, 0.1) is 5.69 Å². The zero-order chi connectivity index (χ0) is 24.1. The monoisotopic (exact) mass is 494 g/mol. The molecule has 1 aliphatic rings. The summed E-state index contributed by atoms with van der Waals surface area (Å²) in [5.74, 6) is -2.95. The molecular weight excluding hydrogens is 472 g/mol. The van der Waals surface area contributed by atoms with E-state index in [0.717, 1.165) is 23.5 Å². The summed E-state index contributed by atoms with van der Waals surface area (Å²) in [7, 11) is 5.03. The molecule has 0 aromatic carbocycles. The predicted octanol–water partition coefficient (Wildman–Crippen LogP) is -0.484. The topological polar surface area (TPSA) is 150 Å². The van der Waals surface area contributed by atoms with E-state index < -0.39 is 29.7 Å². The second-order valence-corrected chi connectivity index (χ2v) is 9.01. The molecule has 3 heterocycles. The number of amides is 4. The maximum absolute atomic E-state index is 12.8. The van der Waals surface area contributed by atoms with Gasteiger partial charge in [-0.3, -0.25) is 19.2 Å². The number of carbonyl (C=O) groups is 4. The minimum absolute atomic E-state index is 0.0344. The van der Waals surface area contributed by atoms with Crippen LogP contribution in [0.4, 0.5) is 5.82 Å². The van der Waals surface area contributed by atoms with Crippen molar-refractivity contribution < 1.29 is 19.2 Å². The van der Waals surface area contributed by atoms with Crippen molar-refractivity contribution in [3.05, 3.63) is 32.9 Å². The number of rotatable bonds is 6. The lowest BCUT2D eigenvalue weighted by molar-refractivity contribution is -0.136. The summed E-state index contributed by atoms with van der Waals surface area (Å²) in [5.41, 5.74) is 0.883. The smallest absolute Gasteiger partial charge is 0.314 e. The number of halogens is 1. The van der Waals surface area contributed by atoms with E-state index >= 15 is 0 Å². The number of hydrogen-bond acceptors (Lipinski definition) is 9. The van der Waals surface area contributed by atoms with Gasteiger partial charge >= 0.3 is 11.8 Å². The Morgan fingerprint density at radius 2 is 1.97 bits per heavy atom. The van der Waals surface area contributed by atoms with Crippen LogP contribution in [0.1, 0.15) is 20.4 Å². The molecule has 1 aliphatic heterocycles. The van der Waals surface area contributed by atoms with Crippen molar-refractivity contribution in [2.24, 2.45) is 0 Å². The number of aromatic nitrogens is 3. The Hall–Kier alpha value is -3.16. The Labute approximate surface area is 198 Å². The Morgan fingerprint density at radius 3 is 2.64 bits per heavy atom. The van der Waals surface area contributed by atoms with Gasteiger partial charge < -0.3 is 25.8 Å². The Balaban J connectivity index is 1.62. The van der Waals surface area contributed by atoms with Crippen LogP contribution >= 0.6 is 22.9 Å². The largest absolute Gasteiger partial charge is 0.347 e. The molecule has 3 rings (SSSR count). The highest BCUT2D eigenvalue weighted by atomic mass is 35.5. The minimum atomic E-state index is -1.09. The first-order valence-corrected chi connectivity index (χ1v) is 11.1. The lowest BCUT2D eigenvalue weighted by atomic mass is 10.2. The molecule has 33 heavy (non-hydrogen) atoms. The Kier molecular flexibility index (Phi) is 7.89. The van der Waals surface area contributed by atoms with E-state index in [0.29, 0.717) is 6.54 Å². The average Bonchev–Trinajstić information content (AvgIpc) is 3.20. The number of thiazole rings is 1. The van der Waals surface area contributed by atoms with Crippen LogP contribution in [0.3, 0.4) is 0 Å². The normalized spacial score (nSPS) is 14.1. The van der Waals surface area contributed by atoms with Crippen molar-refractivity contribution >= 4 is 52.4 Å². The van der Waals surface area contributed by atoms with Crippen LogP contribution in [0.15, 0.2) is 12.1 Å². The molecule has 2 aromatic heterocycles. The van der Waals surface area contributed by atoms with Crippen molar-refractivity contribution in [3.63, 3.8) is 0 Å². The molecule has 4 amide bonds. The fourth-order valence-electron chi connectivity index (χ4n) is 2.98. The third-order valence-electron chi connectivity index (χ3n) is 4.71. The van der Waals surface area contributed by atoms with Crippen molar-refractivity contribution in [3.8, 4) is 0 Å². The molecule has 1 unspecified atom stereocenters. The van der Waals surface area contributed by atoms with Gasteiger partial charge in [0.1, 0.15) is 6.04 Å². The van der Waals surface area contributed by atoms with Crippen LogP contribution in [-0.4, -0.2) is 88.9 Å². The number of anilines is 1. The molecule has 0 radical (unpaired) electrons. The standard InChI is InChI=1S/C19H23ClN8O4S/c1-27(2)19(32)11(8-21-15(29)16(30)24-14-5-4-13(20)25-26-14)22-17(31)18-23-10-6-7-28(3)9-12(10)33-18/h4-5,11H,6-9H2,1-3H3,(H,21,29)(H,22,31)(H,24,26,30). The first-order valence-electron chi connectivity index (χ1n) is 9.91. The van der Waals surface area contributed by atoms with Crippen LogP contribution in [0.25, 0.3) is 0 Å². The fourth-order valence-corrected chi connectivity index (χ4v) is 4.17. The summed E-state index contributed by atoms with van der Waals surface area (Å²) < 4.78 is 0. The maximum atomic E-state index is 12.8. The van der Waals surface area contributed by atoms with Gasteiger partial charge in [-0.2, -0.15) is 0 Å². The third kappa shape index (κ3) is 6.43. The molecule has 1 atom stereocenters. The predicted molar refractivity (Wildman–Crippen MR) is 121 cm³/mol. The fraction of sp³-hybridized carbons (Fsp3) is 0.421. The van der Waals surface area contributed by atoms with Gasteiger partial charge in [0.2, 0.25) is 5.91 Å². The number of carbonyl (C=O) groups excluding carboxylic acids is 4. The summed E-state index contributed by atoms with van der Waals surface area (Å²) in [6, 6.07) is 1.69. The molecule has 0 aliphatic carbocycles. The van der Waals surface area contributed by atoms with Gasteiger partial charge in [-0.25, -0.2) is 4.98 Å². The lowest BCUT2D eigenvalue weighted by Gasteiger charge is -2.21. The van der Waals surface area contributed by atoms with E-state index in [2.05, 4.69) is 36.0 Å². The summed E-state index contributed by atoms with van der Waals surface area (Å²) in [4.78, 5) is 58.4. The zero-order valence-electron chi connectivity index (χ0n) is 18.2. The average molecular weight is 495 g/mol. The quantitative estimate of drug-likeness (QED) is 0.455. The van der Waals surface area contributed by atoms with E-state index in [1.165, 1.54) is 42.5 Å². The Bertz CT molecular complexity index is 1060. The maximum Gasteiger partial charge on any atom is 0.314 e. The SMILES string of the molecule is CN1CCc2nc(C(=O)NC(CNC(=O)C(=O)Nc3ccc(Cl)nn3)C(=O)N(C)C)sc2C1. The molecule has 0 bridgehead atoms. The van der Waals surface area contributed by atoms with E-state index in [9.17, 15) is 19.2 Å². The lowest BCUT2D eigenvalue weighted by Crippen LogP contribution is -2.53. The minimum Gasteiger partial charge on any atom is -0.347 e. The summed E-state index contributed by atoms with van der Waals surface area (Å²) in [6.07, 6.45) is 0.749. The van der Waals surface area contributed by atoms with Crippen LogP contribution in [0.2, 0.25) is 5.15 Å². The second-order valence-electron chi connectivity index (χ2n) is 7.54. The van der Waals surface area contributed by atoms with Gasteiger partial charge in [-0.05, 0) is 19.2 Å². The van der Waals surface area contributed by atoms with Crippen molar-refractivity contribution in [1.29, 1.82) is 0 Å². The van der Waals surface area contributed by atoms with E-state index in [-0.39, 0.29) is 22.5 Å². The van der Waals surface area contributed by atoms with Gasteiger partial charge in [0, 0.05) is 45.0 Å². The first-order chi connectivity index (χ1) is 15.6. The molecule has 0 saturated carbocycles. The number of hydrogen-bond donors (Lipinski definition) is 3. The zero-order valence-corrected chi connectivity index (χ0v) is 19.8. The highest BCUT2D eigenvalue weighted by Gasteiger charge is 2.28. The van der Waals surface area contributed by atoms with Crippen molar-refractivity contribution in [2.45, 2.75) is 19.0 Å². The highest BCUT2D eigenvalue weighted by molar-refractivity contribution is 7.13. The number of nitrogens with zero attached hydrogens (tertiary/aromatic N) is 5. The first kappa shape index (κ1) is 24.5. The number of likely N-dealkylation sites (N-methyl/N-ethyl adjacent to an activating group) is 2. The molecule has 0 spiro atoms. The van der Waals surface area contributed by atoms with Crippen molar-refractivity contribution in [1.82, 2.24) is 35.6 Å². The number of fused-ring (bicyclic) bond motifs is 1. The van der Waals surface area contributed by atoms with Gasteiger partial charge in [0.25, 0.3) is 5.91 Å². The summed E-state index contributed by atoms with van der Waals surface area (Å²) in [5, 5.41) is 14.8. The van der Waals surface area contributed by atoms with Crippen LogP contribution in [-0.2, 0) is 27.3 Å². The van der Waals surface area contributed by atoms with E-state index in [1.54, 1.807) is 0 Å². The molecule has 14 heteroatoms. The molecule has 0 saturated heterocycles. The van der Waals surface area contributed by atoms with Crippen LogP contribution in [0, 0.1) is 0 Å². The molecule has 3 N–H and O–H groups in total. The second kappa shape index (κ2) is 10.6. The number of nitrogens with one attached hydrogen (secondary N) is 3. The molecule has 0 fully saturated rings. The van der Waals surface area contributed by atoms with E-state index in [1.807, 2.05) is 7.05 Å². The van der Waals surface area contributed by atoms with E-state index in [4.69, 9.17) is 11.6 Å². The molecule has 2 aromatic rings. The summed E-state index contributed by atoms with van der Waals surface area (Å²) >= 11 is 6.91. The highest BCUT2D eigenvalue weighted by Crippen LogP contribution is 2.24. The van der Waals surface area contributed by atoms with Gasteiger partial charge in [-0.1, -0.05) is 11.6 Å². The Morgan fingerprint density at radius 1 is 1.21 bits per heavy atom. The van der Waals surface area contributed by atoms with Crippen LogP contribution in [0.5, 0.6) is 0 Å². The van der Waals surface area contributed by atoms with Crippen molar-refractivity contribution in [2.75, 3.05) is 39.5 Å². The summed E-state index contributed by atoms with van der Waals surface area (Å²) in [6.45, 7) is 1.27. The van der Waals surface area contributed by atoms with Gasteiger partial charge in [-0.15, -0.1) is 21.5 Å². The molecular formula is C19H23ClN8O4S. The molecule has 176 valence electrons. The van der Waals surface area contributed by atoms with Gasteiger partial charge in [0.15, 0.2) is 16.0 Å². The molecule has 12 nitrogen and oxygen atoms in total. The third-order valence-corrected chi connectivity index (χ3v) is 5.99. The van der Waals surface area contributed by atoms with Crippen LogP contribution < -0.4 is 16.0 Å².